The van der Waals surface area contributed by atoms with Gasteiger partial charge in [-0.05, 0) is 28.8 Å². The lowest BCUT2D eigenvalue weighted by molar-refractivity contribution is -0.138. The summed E-state index contributed by atoms with van der Waals surface area (Å²) in [6.07, 6.45) is 3.13. The number of hydrogen-bond donors (Lipinski definition) is 2. The van der Waals surface area contributed by atoms with Crippen molar-refractivity contribution in [3.8, 4) is 0 Å². The van der Waals surface area contributed by atoms with Crippen LogP contribution in [0.4, 0.5) is 0 Å². The highest BCUT2D eigenvalue weighted by Gasteiger charge is 2.24. The van der Waals surface area contributed by atoms with E-state index in [1.807, 2.05) is 0 Å². The van der Waals surface area contributed by atoms with Gasteiger partial charge in [-0.2, -0.15) is 0 Å². The van der Waals surface area contributed by atoms with E-state index in [2.05, 4.69) is 6.58 Å². The topological polar surface area (TPSA) is 74.6 Å². The van der Waals surface area contributed by atoms with Gasteiger partial charge in [-0.15, -0.1) is 0 Å². The zero-order chi connectivity index (χ0) is 12.6. The number of aliphatic carboxylic acids is 1. The van der Waals surface area contributed by atoms with Crippen LogP contribution in [0.3, 0.4) is 0 Å². The summed E-state index contributed by atoms with van der Waals surface area (Å²) in [6, 6.07) is 4.56. The van der Waals surface area contributed by atoms with Gasteiger partial charge in [0.05, 0.1) is 5.56 Å². The third kappa shape index (κ3) is 1.85. The van der Waals surface area contributed by atoms with Crippen LogP contribution in [0.2, 0.25) is 0 Å². The van der Waals surface area contributed by atoms with Crippen LogP contribution in [0.1, 0.15) is 21.5 Å². The molecule has 0 bridgehead atoms. The Balaban J connectivity index is 2.49. The van der Waals surface area contributed by atoms with E-state index in [1.165, 1.54) is 18.2 Å². The molecule has 0 saturated carbocycles. The molecule has 0 spiro atoms. The Kier molecular flexibility index (Phi) is 2.55. The second kappa shape index (κ2) is 3.90. The Hall–Kier alpha value is -2.36. The Morgan fingerprint density at radius 1 is 1.24 bits per heavy atom. The summed E-state index contributed by atoms with van der Waals surface area (Å²) in [6.45, 7) is 3.75. The number of carboxylic acids is 2. The van der Waals surface area contributed by atoms with E-state index < -0.39 is 17.9 Å². The lowest BCUT2D eigenvalue weighted by atomic mass is 9.85. The van der Waals surface area contributed by atoms with E-state index in [0.29, 0.717) is 16.7 Å². The number of hydrogen-bond acceptors (Lipinski definition) is 2. The largest absolute Gasteiger partial charge is 0.481 e. The van der Waals surface area contributed by atoms with E-state index in [1.54, 1.807) is 12.1 Å². The third-order valence-corrected chi connectivity index (χ3v) is 2.75. The number of aromatic carboxylic acids is 1. The molecule has 0 amide bonds. The van der Waals surface area contributed by atoms with Crippen LogP contribution in [0.25, 0.3) is 11.6 Å². The minimum Gasteiger partial charge on any atom is -0.481 e. The van der Waals surface area contributed by atoms with Crippen molar-refractivity contribution in [2.45, 2.75) is 0 Å². The van der Waals surface area contributed by atoms with E-state index in [9.17, 15) is 9.59 Å². The fourth-order valence-electron chi connectivity index (χ4n) is 1.84. The molecule has 1 aliphatic carbocycles. The van der Waals surface area contributed by atoms with Crippen LogP contribution in [0, 0.1) is 5.92 Å². The van der Waals surface area contributed by atoms with Crippen LogP contribution < -0.4 is 0 Å². The molecule has 0 aromatic heterocycles. The van der Waals surface area contributed by atoms with Crippen molar-refractivity contribution >= 4 is 23.6 Å². The summed E-state index contributed by atoms with van der Waals surface area (Å²) < 4.78 is 0. The lowest BCUT2D eigenvalue weighted by Gasteiger charge is -2.19. The summed E-state index contributed by atoms with van der Waals surface area (Å²) in [7, 11) is 0. The number of carboxylic acid groups (broad SMARTS) is 2. The van der Waals surface area contributed by atoms with Crippen molar-refractivity contribution in [2.75, 3.05) is 0 Å². The summed E-state index contributed by atoms with van der Waals surface area (Å²) in [5, 5.41) is 17.8. The second-order valence-corrected chi connectivity index (χ2v) is 3.81. The predicted octanol–water partition coefficient (Wildman–Crippen LogP) is 2.13. The maximum atomic E-state index is 10.9. The zero-order valence-corrected chi connectivity index (χ0v) is 8.88. The van der Waals surface area contributed by atoms with Crippen molar-refractivity contribution in [2.24, 2.45) is 5.92 Å². The van der Waals surface area contributed by atoms with E-state index in [-0.39, 0.29) is 5.56 Å². The highest BCUT2D eigenvalue weighted by atomic mass is 16.4. The Morgan fingerprint density at radius 2 is 1.94 bits per heavy atom. The van der Waals surface area contributed by atoms with Crippen LogP contribution in [0.5, 0.6) is 0 Å². The average molecular weight is 230 g/mol. The Labute approximate surface area is 97.5 Å². The van der Waals surface area contributed by atoms with E-state index in [0.717, 1.165) is 0 Å². The van der Waals surface area contributed by atoms with Gasteiger partial charge >= 0.3 is 11.9 Å². The number of rotatable bonds is 2. The first kappa shape index (κ1) is 11.1. The van der Waals surface area contributed by atoms with Crippen LogP contribution >= 0.6 is 0 Å². The minimum atomic E-state index is -1.01. The highest BCUT2D eigenvalue weighted by molar-refractivity contribution is 5.96. The highest BCUT2D eigenvalue weighted by Crippen LogP contribution is 2.32. The molecule has 1 unspecified atom stereocenters. The fourth-order valence-corrected chi connectivity index (χ4v) is 1.84. The molecule has 17 heavy (non-hydrogen) atoms. The fraction of sp³-hybridized carbons (Fsp3) is 0.0769. The molecule has 4 heteroatoms. The molecule has 4 nitrogen and oxygen atoms in total. The van der Waals surface area contributed by atoms with Gasteiger partial charge in [0, 0.05) is 0 Å². The predicted molar refractivity (Wildman–Crippen MR) is 62.6 cm³/mol. The number of carbonyl (C=O) groups is 2. The van der Waals surface area contributed by atoms with Gasteiger partial charge in [0.15, 0.2) is 0 Å². The molecule has 0 radical (unpaired) electrons. The molecule has 0 saturated heterocycles. The maximum absolute atomic E-state index is 10.9. The van der Waals surface area contributed by atoms with Gasteiger partial charge < -0.3 is 10.2 Å². The molecule has 1 aliphatic rings. The van der Waals surface area contributed by atoms with Gasteiger partial charge in [0.1, 0.15) is 5.92 Å². The standard InChI is InChI=1S/C13H10O4/c1-7-10-4-3-9(12(14)15)6-8(10)2-5-11(7)13(16)17/h2-6,11H,1H2,(H,14,15)(H,16,17). The normalized spacial score (nSPS) is 17.6. The van der Waals surface area contributed by atoms with Crippen LogP contribution in [-0.2, 0) is 4.79 Å². The Morgan fingerprint density at radius 3 is 2.53 bits per heavy atom. The van der Waals surface area contributed by atoms with Gasteiger partial charge in [-0.25, -0.2) is 4.79 Å². The SMILES string of the molecule is C=C1c2ccc(C(=O)O)cc2C=CC1C(=O)O. The monoisotopic (exact) mass is 230 g/mol. The smallest absolute Gasteiger partial charge is 0.335 e. The first-order valence-electron chi connectivity index (χ1n) is 4.98. The summed E-state index contributed by atoms with van der Waals surface area (Å²) in [5.41, 5.74) is 2.03. The van der Waals surface area contributed by atoms with E-state index >= 15 is 0 Å². The molecule has 1 aromatic rings. The molecule has 0 aliphatic heterocycles. The third-order valence-electron chi connectivity index (χ3n) is 2.75. The molecular formula is C13H10O4. The summed E-state index contributed by atoms with van der Waals surface area (Å²) in [5.74, 6) is -2.70. The first-order chi connectivity index (χ1) is 8.00. The molecule has 2 N–H and O–H groups in total. The van der Waals surface area contributed by atoms with Crippen molar-refractivity contribution in [1.29, 1.82) is 0 Å². The lowest BCUT2D eigenvalue weighted by Crippen LogP contribution is -2.15. The van der Waals surface area contributed by atoms with Gasteiger partial charge in [0.25, 0.3) is 0 Å². The molecule has 0 heterocycles. The zero-order valence-electron chi connectivity index (χ0n) is 8.88. The van der Waals surface area contributed by atoms with Crippen molar-refractivity contribution < 1.29 is 19.8 Å². The van der Waals surface area contributed by atoms with Gasteiger partial charge in [-0.3, -0.25) is 4.79 Å². The first-order valence-corrected chi connectivity index (χ1v) is 4.98. The van der Waals surface area contributed by atoms with Crippen LogP contribution in [0.15, 0.2) is 30.9 Å². The molecule has 2 rings (SSSR count). The van der Waals surface area contributed by atoms with Crippen molar-refractivity contribution in [3.05, 3.63) is 47.5 Å². The maximum Gasteiger partial charge on any atom is 0.335 e. The number of benzene rings is 1. The molecule has 1 aromatic carbocycles. The van der Waals surface area contributed by atoms with E-state index in [4.69, 9.17) is 10.2 Å². The summed E-state index contributed by atoms with van der Waals surface area (Å²) in [4.78, 5) is 21.7. The molecular weight excluding hydrogens is 220 g/mol. The van der Waals surface area contributed by atoms with Gasteiger partial charge in [-0.1, -0.05) is 24.8 Å². The number of fused-ring (bicyclic) bond motifs is 1. The molecule has 0 fully saturated rings. The molecule has 1 atom stereocenters. The van der Waals surface area contributed by atoms with Gasteiger partial charge in [0.2, 0.25) is 0 Å². The van der Waals surface area contributed by atoms with Crippen molar-refractivity contribution in [1.82, 2.24) is 0 Å². The quantitative estimate of drug-likeness (QED) is 0.816. The minimum absolute atomic E-state index is 0.176. The molecule has 86 valence electrons. The summed E-state index contributed by atoms with van der Waals surface area (Å²) >= 11 is 0. The average Bonchev–Trinajstić information content (AvgIpc) is 2.28. The van der Waals surface area contributed by atoms with Crippen molar-refractivity contribution in [3.63, 3.8) is 0 Å². The Bertz CT molecular complexity index is 555. The van der Waals surface area contributed by atoms with Crippen LogP contribution in [-0.4, -0.2) is 22.2 Å². The second-order valence-electron chi connectivity index (χ2n) is 3.81.